The molecule has 0 aliphatic heterocycles. The number of methoxy groups -OCH3 is 1. The largest absolute Gasteiger partial charge is 0.468 e. The highest BCUT2D eigenvalue weighted by Crippen LogP contribution is 2.25. The van der Waals surface area contributed by atoms with Crippen LogP contribution in [0.4, 0.5) is 0 Å². The minimum Gasteiger partial charge on any atom is -0.468 e. The fraction of sp³-hybridized carbons (Fsp3) is 0.571. The van der Waals surface area contributed by atoms with Crippen molar-refractivity contribution in [2.75, 3.05) is 27.1 Å². The standard InChI is InChI=1S/C14H20O3/c1-15-8-9-16-11-17-14-7-6-12-4-2-3-5-13(12)10-14/h6-7,10H,2-5,8-9,11H2,1H3. The molecule has 17 heavy (non-hydrogen) atoms. The fourth-order valence-electron chi connectivity index (χ4n) is 2.11. The van der Waals surface area contributed by atoms with Crippen LogP contribution in [0.1, 0.15) is 24.0 Å². The summed E-state index contributed by atoms with van der Waals surface area (Å²) in [5.74, 6) is 0.906. The van der Waals surface area contributed by atoms with Crippen molar-refractivity contribution in [3.8, 4) is 5.75 Å². The van der Waals surface area contributed by atoms with Crippen molar-refractivity contribution in [3.05, 3.63) is 29.3 Å². The lowest BCUT2D eigenvalue weighted by molar-refractivity contribution is -0.00851. The Morgan fingerprint density at radius 1 is 1.06 bits per heavy atom. The molecular formula is C14H20O3. The van der Waals surface area contributed by atoms with Gasteiger partial charge in [0, 0.05) is 7.11 Å². The van der Waals surface area contributed by atoms with Gasteiger partial charge in [-0.2, -0.15) is 0 Å². The van der Waals surface area contributed by atoms with Gasteiger partial charge in [0.1, 0.15) is 5.75 Å². The lowest BCUT2D eigenvalue weighted by Crippen LogP contribution is -2.08. The molecule has 0 unspecified atom stereocenters. The number of hydrogen-bond donors (Lipinski definition) is 0. The van der Waals surface area contributed by atoms with Crippen LogP contribution < -0.4 is 4.74 Å². The molecule has 0 spiro atoms. The summed E-state index contributed by atoms with van der Waals surface area (Å²) in [6, 6.07) is 6.36. The molecule has 0 radical (unpaired) electrons. The first-order valence-electron chi connectivity index (χ1n) is 6.21. The molecule has 0 bridgehead atoms. The van der Waals surface area contributed by atoms with Gasteiger partial charge in [0.2, 0.25) is 0 Å². The van der Waals surface area contributed by atoms with Crippen LogP contribution in [0.5, 0.6) is 5.75 Å². The van der Waals surface area contributed by atoms with Crippen molar-refractivity contribution in [1.29, 1.82) is 0 Å². The highest BCUT2D eigenvalue weighted by Gasteiger charge is 2.09. The van der Waals surface area contributed by atoms with Crippen molar-refractivity contribution >= 4 is 0 Å². The molecule has 0 heterocycles. The van der Waals surface area contributed by atoms with Crippen LogP contribution in [0.25, 0.3) is 0 Å². The highest BCUT2D eigenvalue weighted by molar-refractivity contribution is 5.37. The predicted octanol–water partition coefficient (Wildman–Crippen LogP) is 2.56. The van der Waals surface area contributed by atoms with E-state index in [0.29, 0.717) is 20.0 Å². The van der Waals surface area contributed by atoms with Crippen molar-refractivity contribution in [1.82, 2.24) is 0 Å². The summed E-state index contributed by atoms with van der Waals surface area (Å²) in [6.45, 7) is 1.47. The van der Waals surface area contributed by atoms with Gasteiger partial charge in [0.25, 0.3) is 0 Å². The van der Waals surface area contributed by atoms with E-state index in [-0.39, 0.29) is 0 Å². The minimum absolute atomic E-state index is 0.294. The van der Waals surface area contributed by atoms with Crippen molar-refractivity contribution in [3.63, 3.8) is 0 Å². The number of hydrogen-bond acceptors (Lipinski definition) is 3. The normalized spacial score (nSPS) is 14.4. The molecule has 0 N–H and O–H groups in total. The molecule has 1 aliphatic carbocycles. The summed E-state index contributed by atoms with van der Waals surface area (Å²) >= 11 is 0. The summed E-state index contributed by atoms with van der Waals surface area (Å²) in [5.41, 5.74) is 2.91. The van der Waals surface area contributed by atoms with Crippen molar-refractivity contribution in [2.24, 2.45) is 0 Å². The maximum atomic E-state index is 5.54. The maximum absolute atomic E-state index is 5.54. The molecular weight excluding hydrogens is 216 g/mol. The zero-order chi connectivity index (χ0) is 11.9. The second-order valence-corrected chi connectivity index (χ2v) is 4.30. The van der Waals surface area contributed by atoms with Gasteiger partial charge in [-0.25, -0.2) is 0 Å². The van der Waals surface area contributed by atoms with Gasteiger partial charge >= 0.3 is 0 Å². The van der Waals surface area contributed by atoms with E-state index in [4.69, 9.17) is 14.2 Å². The fourth-order valence-corrected chi connectivity index (χ4v) is 2.11. The van der Waals surface area contributed by atoms with Gasteiger partial charge in [0.15, 0.2) is 6.79 Å². The van der Waals surface area contributed by atoms with E-state index < -0.39 is 0 Å². The minimum atomic E-state index is 0.294. The molecule has 3 heteroatoms. The second kappa shape index (κ2) is 6.62. The maximum Gasteiger partial charge on any atom is 0.189 e. The van der Waals surface area contributed by atoms with Crippen molar-refractivity contribution in [2.45, 2.75) is 25.7 Å². The Hall–Kier alpha value is -1.06. The topological polar surface area (TPSA) is 27.7 Å². The lowest BCUT2D eigenvalue weighted by atomic mass is 9.92. The summed E-state index contributed by atoms with van der Waals surface area (Å²) < 4.78 is 15.7. The monoisotopic (exact) mass is 236 g/mol. The van der Waals surface area contributed by atoms with Crippen LogP contribution in [0, 0.1) is 0 Å². The molecule has 0 atom stereocenters. The Bertz CT molecular complexity index is 349. The number of fused-ring (bicyclic) bond motifs is 1. The third-order valence-electron chi connectivity index (χ3n) is 3.06. The molecule has 94 valence electrons. The number of aryl methyl sites for hydroxylation is 2. The lowest BCUT2D eigenvalue weighted by Gasteiger charge is -2.16. The zero-order valence-corrected chi connectivity index (χ0v) is 10.4. The zero-order valence-electron chi connectivity index (χ0n) is 10.4. The molecule has 2 rings (SSSR count). The van der Waals surface area contributed by atoms with E-state index in [1.165, 1.54) is 36.8 Å². The summed E-state index contributed by atoms with van der Waals surface area (Å²) in [7, 11) is 1.66. The van der Waals surface area contributed by atoms with Gasteiger partial charge < -0.3 is 14.2 Å². The third kappa shape index (κ3) is 3.72. The molecule has 1 aromatic carbocycles. The Morgan fingerprint density at radius 3 is 2.71 bits per heavy atom. The summed E-state index contributed by atoms with van der Waals surface area (Å²) in [4.78, 5) is 0. The molecule has 0 amide bonds. The van der Waals surface area contributed by atoms with E-state index in [0.717, 1.165) is 5.75 Å². The first-order chi connectivity index (χ1) is 8.40. The Morgan fingerprint density at radius 2 is 1.88 bits per heavy atom. The molecule has 1 aromatic rings. The van der Waals surface area contributed by atoms with Gasteiger partial charge in [-0.05, 0) is 48.9 Å². The van der Waals surface area contributed by atoms with Crippen LogP contribution >= 0.6 is 0 Å². The van der Waals surface area contributed by atoms with Crippen molar-refractivity contribution < 1.29 is 14.2 Å². The average Bonchev–Trinajstić information content (AvgIpc) is 2.38. The van der Waals surface area contributed by atoms with Crippen LogP contribution in [0.15, 0.2) is 18.2 Å². The first kappa shape index (κ1) is 12.4. The average molecular weight is 236 g/mol. The van der Waals surface area contributed by atoms with Gasteiger partial charge in [-0.15, -0.1) is 0 Å². The van der Waals surface area contributed by atoms with Crippen LogP contribution in [-0.4, -0.2) is 27.1 Å². The predicted molar refractivity (Wildman–Crippen MR) is 66.4 cm³/mol. The van der Waals surface area contributed by atoms with E-state index in [2.05, 4.69) is 12.1 Å². The Labute approximate surface area is 103 Å². The number of ether oxygens (including phenoxy) is 3. The van der Waals surface area contributed by atoms with Crippen LogP contribution in [-0.2, 0) is 22.3 Å². The number of benzene rings is 1. The van der Waals surface area contributed by atoms with Gasteiger partial charge in [-0.3, -0.25) is 0 Å². The summed E-state index contributed by atoms with van der Waals surface area (Å²) in [5, 5.41) is 0. The van der Waals surface area contributed by atoms with Crippen LogP contribution in [0.3, 0.4) is 0 Å². The van der Waals surface area contributed by atoms with E-state index in [9.17, 15) is 0 Å². The molecule has 0 fully saturated rings. The van der Waals surface area contributed by atoms with Crippen LogP contribution in [0.2, 0.25) is 0 Å². The molecule has 1 aliphatic rings. The molecule has 0 aromatic heterocycles. The molecule has 0 saturated carbocycles. The Kier molecular flexibility index (Phi) is 4.83. The molecule has 3 nitrogen and oxygen atoms in total. The van der Waals surface area contributed by atoms with Gasteiger partial charge in [0.05, 0.1) is 13.2 Å². The molecule has 0 saturated heterocycles. The highest BCUT2D eigenvalue weighted by atomic mass is 16.7. The van der Waals surface area contributed by atoms with E-state index in [1.54, 1.807) is 7.11 Å². The quantitative estimate of drug-likeness (QED) is 0.561. The first-order valence-corrected chi connectivity index (χ1v) is 6.21. The summed E-state index contributed by atoms with van der Waals surface area (Å²) in [6.07, 6.45) is 4.99. The van der Waals surface area contributed by atoms with E-state index in [1.807, 2.05) is 6.07 Å². The number of rotatable bonds is 6. The SMILES string of the molecule is COCCOCOc1ccc2c(c1)CCCC2. The van der Waals surface area contributed by atoms with E-state index >= 15 is 0 Å². The Balaban J connectivity index is 1.81. The third-order valence-corrected chi connectivity index (χ3v) is 3.06. The smallest absolute Gasteiger partial charge is 0.189 e. The second-order valence-electron chi connectivity index (χ2n) is 4.30. The van der Waals surface area contributed by atoms with Gasteiger partial charge in [-0.1, -0.05) is 6.07 Å².